The number of hydrogen-bond donors (Lipinski definition) is 2. The van der Waals surface area contributed by atoms with Gasteiger partial charge in [0.2, 0.25) is 0 Å². The third-order valence-corrected chi connectivity index (χ3v) is 3.58. The molecule has 1 aromatic rings. The number of carboxylic acid groups (broad SMARTS) is 1. The lowest BCUT2D eigenvalue weighted by atomic mass is 9.79. The van der Waals surface area contributed by atoms with Crippen LogP contribution in [0, 0.1) is 0 Å². The minimum atomic E-state index is -0.782. The average Bonchev–Trinajstić information content (AvgIpc) is 2.24. The van der Waals surface area contributed by atoms with Crippen LogP contribution < -0.4 is 5.73 Å². The Labute approximate surface area is 102 Å². The summed E-state index contributed by atoms with van der Waals surface area (Å²) in [6.07, 6.45) is 4.50. The van der Waals surface area contributed by atoms with Crippen molar-refractivity contribution in [3.8, 4) is 0 Å². The first-order chi connectivity index (χ1) is 8.16. The number of carbonyl (C=O) groups is 1. The van der Waals surface area contributed by atoms with Gasteiger partial charge in [0.05, 0.1) is 0 Å². The van der Waals surface area contributed by atoms with Crippen LogP contribution in [0.15, 0.2) is 24.3 Å². The van der Waals surface area contributed by atoms with Crippen LogP contribution in [0.1, 0.15) is 55.2 Å². The molecule has 0 heterocycles. The minimum absolute atomic E-state index is 0.134. The summed E-state index contributed by atoms with van der Waals surface area (Å²) in [7, 11) is 0. The molecule has 1 aromatic carbocycles. The quantitative estimate of drug-likeness (QED) is 0.822. The van der Waals surface area contributed by atoms with E-state index in [4.69, 9.17) is 10.8 Å². The molecular weight excluding hydrogens is 214 g/mol. The Morgan fingerprint density at radius 3 is 2.82 bits per heavy atom. The topological polar surface area (TPSA) is 63.3 Å². The minimum Gasteiger partial charge on any atom is -0.481 e. The zero-order chi connectivity index (χ0) is 12.3. The summed E-state index contributed by atoms with van der Waals surface area (Å²) in [5, 5.41) is 8.64. The Hall–Kier alpha value is -1.35. The second-order valence-electron chi connectivity index (χ2n) is 4.84. The fourth-order valence-corrected chi connectivity index (χ4v) is 2.23. The molecule has 1 unspecified atom stereocenters. The van der Waals surface area contributed by atoms with Crippen molar-refractivity contribution in [2.45, 2.75) is 44.1 Å². The molecule has 92 valence electrons. The second kappa shape index (κ2) is 5.32. The molecule has 0 saturated heterocycles. The molecule has 1 aliphatic carbocycles. The Bertz CT molecular complexity index is 399. The highest BCUT2D eigenvalue weighted by atomic mass is 16.4. The molecule has 0 radical (unpaired) electrons. The van der Waals surface area contributed by atoms with E-state index in [1.807, 2.05) is 12.1 Å². The summed E-state index contributed by atoms with van der Waals surface area (Å²) < 4.78 is 0. The van der Waals surface area contributed by atoms with E-state index in [0.29, 0.717) is 12.3 Å². The highest BCUT2D eigenvalue weighted by molar-refractivity contribution is 5.66. The number of nitrogens with two attached hydrogens (primary N) is 1. The molecule has 1 aliphatic rings. The van der Waals surface area contributed by atoms with Crippen LogP contribution in [-0.2, 0) is 4.79 Å². The van der Waals surface area contributed by atoms with Gasteiger partial charge in [-0.3, -0.25) is 4.79 Å². The Balaban J connectivity index is 2.01. The highest BCUT2D eigenvalue weighted by Crippen LogP contribution is 2.37. The first-order valence-corrected chi connectivity index (χ1v) is 6.24. The largest absolute Gasteiger partial charge is 0.481 e. The lowest BCUT2D eigenvalue weighted by molar-refractivity contribution is -0.137. The molecule has 1 fully saturated rings. The molecule has 3 N–H and O–H groups in total. The average molecular weight is 233 g/mol. The first-order valence-electron chi connectivity index (χ1n) is 6.24. The maximum absolute atomic E-state index is 10.5. The highest BCUT2D eigenvalue weighted by Gasteiger charge is 2.20. The molecule has 1 saturated carbocycles. The maximum Gasteiger partial charge on any atom is 0.303 e. The van der Waals surface area contributed by atoms with Crippen molar-refractivity contribution in [3.05, 3.63) is 35.4 Å². The molecule has 0 aromatic heterocycles. The predicted molar refractivity (Wildman–Crippen MR) is 66.8 cm³/mol. The van der Waals surface area contributed by atoms with Crippen LogP contribution in [0.25, 0.3) is 0 Å². The van der Waals surface area contributed by atoms with Gasteiger partial charge in [0, 0.05) is 12.5 Å². The van der Waals surface area contributed by atoms with Gasteiger partial charge >= 0.3 is 5.97 Å². The van der Waals surface area contributed by atoms with Gasteiger partial charge in [-0.2, -0.15) is 0 Å². The van der Waals surface area contributed by atoms with Gasteiger partial charge in [0.1, 0.15) is 0 Å². The Morgan fingerprint density at radius 2 is 2.24 bits per heavy atom. The third kappa shape index (κ3) is 3.07. The smallest absolute Gasteiger partial charge is 0.303 e. The van der Waals surface area contributed by atoms with Gasteiger partial charge in [0.25, 0.3) is 0 Å². The molecule has 0 bridgehead atoms. The summed E-state index contributed by atoms with van der Waals surface area (Å²) in [6.45, 7) is 0. The summed E-state index contributed by atoms with van der Waals surface area (Å²) in [4.78, 5) is 10.5. The van der Waals surface area contributed by atoms with E-state index < -0.39 is 5.97 Å². The van der Waals surface area contributed by atoms with E-state index >= 15 is 0 Å². The van der Waals surface area contributed by atoms with Crippen LogP contribution in [0.5, 0.6) is 0 Å². The van der Waals surface area contributed by atoms with Gasteiger partial charge in [-0.25, -0.2) is 0 Å². The molecule has 1 atom stereocenters. The molecule has 2 rings (SSSR count). The zero-order valence-corrected chi connectivity index (χ0v) is 9.93. The summed E-state index contributed by atoms with van der Waals surface area (Å²) >= 11 is 0. The van der Waals surface area contributed by atoms with Crippen molar-refractivity contribution in [2.75, 3.05) is 0 Å². The molecule has 0 amide bonds. The molecule has 3 nitrogen and oxygen atoms in total. The number of rotatable bonds is 5. The molecule has 17 heavy (non-hydrogen) atoms. The van der Waals surface area contributed by atoms with Gasteiger partial charge in [-0.05, 0) is 36.3 Å². The fourth-order valence-electron chi connectivity index (χ4n) is 2.23. The molecule has 0 aliphatic heterocycles. The summed E-state index contributed by atoms with van der Waals surface area (Å²) in [5.74, 6) is -0.0859. The lowest BCUT2D eigenvalue weighted by Gasteiger charge is -2.26. The summed E-state index contributed by atoms with van der Waals surface area (Å²) in [5.41, 5.74) is 8.43. The molecule has 0 spiro atoms. The van der Waals surface area contributed by atoms with Gasteiger partial charge < -0.3 is 10.8 Å². The number of aliphatic carboxylic acids is 1. The monoisotopic (exact) mass is 233 g/mol. The van der Waals surface area contributed by atoms with Crippen LogP contribution in [-0.4, -0.2) is 11.1 Å². The van der Waals surface area contributed by atoms with Crippen molar-refractivity contribution in [2.24, 2.45) is 5.73 Å². The fraction of sp³-hybridized carbons (Fsp3) is 0.500. The second-order valence-corrected chi connectivity index (χ2v) is 4.84. The van der Waals surface area contributed by atoms with E-state index in [0.717, 1.165) is 5.56 Å². The Kier molecular flexibility index (Phi) is 3.79. The Morgan fingerprint density at radius 1 is 1.47 bits per heavy atom. The van der Waals surface area contributed by atoms with Crippen LogP contribution in [0.3, 0.4) is 0 Å². The van der Waals surface area contributed by atoms with Gasteiger partial charge in [-0.15, -0.1) is 0 Å². The molecule has 3 heteroatoms. The first kappa shape index (κ1) is 12.1. The number of hydrogen-bond acceptors (Lipinski definition) is 2. The van der Waals surface area contributed by atoms with Crippen molar-refractivity contribution in [1.29, 1.82) is 0 Å². The van der Waals surface area contributed by atoms with E-state index in [1.165, 1.54) is 24.8 Å². The van der Waals surface area contributed by atoms with E-state index in [9.17, 15) is 4.79 Å². The van der Waals surface area contributed by atoms with Crippen LogP contribution >= 0.6 is 0 Å². The van der Waals surface area contributed by atoms with E-state index in [-0.39, 0.29) is 12.5 Å². The van der Waals surface area contributed by atoms with E-state index in [2.05, 4.69) is 12.1 Å². The van der Waals surface area contributed by atoms with Crippen LogP contribution in [0.4, 0.5) is 0 Å². The lowest BCUT2D eigenvalue weighted by Crippen LogP contribution is -2.14. The normalized spacial score (nSPS) is 17.5. The predicted octanol–water partition coefficient (Wildman–Crippen LogP) is 2.82. The van der Waals surface area contributed by atoms with Crippen molar-refractivity contribution in [1.82, 2.24) is 0 Å². The maximum atomic E-state index is 10.5. The van der Waals surface area contributed by atoms with Crippen LogP contribution in [0.2, 0.25) is 0 Å². The van der Waals surface area contributed by atoms with Gasteiger partial charge in [-0.1, -0.05) is 30.7 Å². The van der Waals surface area contributed by atoms with Gasteiger partial charge in [0.15, 0.2) is 0 Å². The SMILES string of the molecule is NC(CCC(=O)O)c1cccc(C2CCC2)c1. The van der Waals surface area contributed by atoms with Crippen molar-refractivity contribution in [3.63, 3.8) is 0 Å². The number of benzene rings is 1. The number of carboxylic acids is 1. The third-order valence-electron chi connectivity index (χ3n) is 3.58. The standard InChI is InChI=1S/C14H19NO2/c15-13(7-8-14(16)17)12-6-2-5-11(9-12)10-3-1-4-10/h2,5-6,9-10,13H,1,3-4,7-8,15H2,(H,16,17). The summed E-state index contributed by atoms with van der Waals surface area (Å²) in [6, 6.07) is 8.16. The van der Waals surface area contributed by atoms with Crippen molar-refractivity contribution >= 4 is 5.97 Å². The zero-order valence-electron chi connectivity index (χ0n) is 9.93. The van der Waals surface area contributed by atoms with Crippen molar-refractivity contribution < 1.29 is 9.90 Å². The van der Waals surface area contributed by atoms with E-state index in [1.54, 1.807) is 0 Å². The molecular formula is C14H19NO2.